The van der Waals surface area contributed by atoms with Gasteiger partial charge in [-0.05, 0) is 24.3 Å². The van der Waals surface area contributed by atoms with Gasteiger partial charge in [-0.15, -0.1) is 0 Å². The number of halogens is 5. The number of carbonyl (C=O) groups is 1. The molecule has 0 saturated carbocycles. The van der Waals surface area contributed by atoms with E-state index in [1.165, 1.54) is 30.0 Å². The number of rotatable bonds is 2. The second kappa shape index (κ2) is 5.61. The third kappa shape index (κ3) is 3.01. The fraction of sp³-hybridized carbons (Fsp3) is 0.154. The molecular formula is C13H8Cl2F3NO2. The molecule has 0 spiro atoms. The van der Waals surface area contributed by atoms with Crippen molar-refractivity contribution in [1.82, 2.24) is 4.57 Å². The minimum atomic E-state index is -4.56. The van der Waals surface area contributed by atoms with E-state index in [-0.39, 0.29) is 21.4 Å². The summed E-state index contributed by atoms with van der Waals surface area (Å²) in [4.78, 5) is 11.6. The highest BCUT2D eigenvalue weighted by atomic mass is 35.5. The van der Waals surface area contributed by atoms with Gasteiger partial charge in [0.2, 0.25) is 0 Å². The lowest BCUT2D eigenvalue weighted by molar-refractivity contribution is -0.137. The first kappa shape index (κ1) is 15.7. The summed E-state index contributed by atoms with van der Waals surface area (Å²) in [6.45, 7) is 0. The van der Waals surface area contributed by atoms with Gasteiger partial charge in [-0.1, -0.05) is 23.2 Å². The molecule has 0 atom stereocenters. The van der Waals surface area contributed by atoms with E-state index in [4.69, 9.17) is 23.2 Å². The van der Waals surface area contributed by atoms with Gasteiger partial charge >= 0.3 is 12.1 Å². The van der Waals surface area contributed by atoms with E-state index in [9.17, 15) is 18.0 Å². The Morgan fingerprint density at radius 1 is 1.24 bits per heavy atom. The highest BCUT2D eigenvalue weighted by molar-refractivity contribution is 6.38. The van der Waals surface area contributed by atoms with Crippen molar-refractivity contribution in [3.63, 3.8) is 0 Å². The van der Waals surface area contributed by atoms with Crippen LogP contribution in [0.2, 0.25) is 10.0 Å². The molecule has 0 N–H and O–H groups in total. The van der Waals surface area contributed by atoms with Crippen molar-refractivity contribution in [2.75, 3.05) is 7.11 Å². The summed E-state index contributed by atoms with van der Waals surface area (Å²) in [6, 6.07) is 4.47. The summed E-state index contributed by atoms with van der Waals surface area (Å²) in [5.41, 5.74) is -0.786. The van der Waals surface area contributed by atoms with Crippen molar-refractivity contribution in [3.05, 3.63) is 51.8 Å². The Kier molecular flexibility index (Phi) is 4.20. The molecule has 0 aliphatic rings. The van der Waals surface area contributed by atoms with Gasteiger partial charge in [0.15, 0.2) is 0 Å². The summed E-state index contributed by atoms with van der Waals surface area (Å²) in [7, 11) is 1.19. The molecule has 0 radical (unpaired) electrons. The predicted molar refractivity (Wildman–Crippen MR) is 72.1 cm³/mol. The molecule has 112 valence electrons. The Bertz CT molecular complexity index is 672. The maximum Gasteiger partial charge on any atom is 0.416 e. The molecule has 0 amide bonds. The average Bonchev–Trinajstić information content (AvgIpc) is 2.85. The quantitative estimate of drug-likeness (QED) is 0.750. The van der Waals surface area contributed by atoms with E-state index in [0.717, 1.165) is 12.1 Å². The number of esters is 1. The summed E-state index contributed by atoms with van der Waals surface area (Å²) in [5.74, 6) is -0.660. The molecule has 2 aromatic rings. The number of nitrogens with zero attached hydrogens (tertiary/aromatic N) is 1. The molecule has 0 saturated heterocycles. The predicted octanol–water partition coefficient (Wildman–Crippen LogP) is 4.59. The monoisotopic (exact) mass is 337 g/mol. The molecule has 2 rings (SSSR count). The number of carbonyl (C=O) groups excluding carboxylic acids is 1. The number of alkyl halides is 3. The Morgan fingerprint density at radius 2 is 1.81 bits per heavy atom. The van der Waals surface area contributed by atoms with Crippen molar-refractivity contribution in [2.45, 2.75) is 6.18 Å². The van der Waals surface area contributed by atoms with Crippen LogP contribution in [0.15, 0.2) is 30.5 Å². The maximum absolute atomic E-state index is 12.7. The van der Waals surface area contributed by atoms with Crippen LogP contribution >= 0.6 is 23.2 Å². The van der Waals surface area contributed by atoms with E-state index in [0.29, 0.717) is 0 Å². The second-order valence-corrected chi connectivity index (χ2v) is 4.86. The van der Waals surface area contributed by atoms with Gasteiger partial charge in [0, 0.05) is 6.20 Å². The number of benzene rings is 1. The zero-order chi connectivity index (χ0) is 15.8. The van der Waals surface area contributed by atoms with E-state index in [2.05, 4.69) is 4.74 Å². The zero-order valence-corrected chi connectivity index (χ0v) is 12.1. The number of methoxy groups -OCH3 is 1. The van der Waals surface area contributed by atoms with E-state index >= 15 is 0 Å². The van der Waals surface area contributed by atoms with Crippen LogP contribution in [0.25, 0.3) is 5.69 Å². The van der Waals surface area contributed by atoms with Gasteiger partial charge in [-0.2, -0.15) is 13.2 Å². The lowest BCUT2D eigenvalue weighted by Gasteiger charge is -2.14. The van der Waals surface area contributed by atoms with Gasteiger partial charge in [0.05, 0.1) is 28.4 Å². The van der Waals surface area contributed by atoms with Crippen molar-refractivity contribution in [3.8, 4) is 5.69 Å². The highest BCUT2D eigenvalue weighted by Gasteiger charge is 2.32. The smallest absolute Gasteiger partial charge is 0.416 e. The Hall–Kier alpha value is -1.66. The maximum atomic E-state index is 12.7. The Labute approximate surface area is 127 Å². The third-order valence-electron chi connectivity index (χ3n) is 2.73. The summed E-state index contributed by atoms with van der Waals surface area (Å²) in [5, 5.41) is -0.452. The lowest BCUT2D eigenvalue weighted by Crippen LogP contribution is -2.11. The Morgan fingerprint density at radius 3 is 2.29 bits per heavy atom. The second-order valence-electron chi connectivity index (χ2n) is 4.04. The molecule has 0 aliphatic heterocycles. The van der Waals surface area contributed by atoms with Crippen molar-refractivity contribution < 1.29 is 22.7 Å². The fourth-order valence-electron chi connectivity index (χ4n) is 1.81. The molecule has 8 heteroatoms. The summed E-state index contributed by atoms with van der Waals surface area (Å²) >= 11 is 11.8. The first-order valence-corrected chi connectivity index (χ1v) is 6.33. The fourth-order valence-corrected chi connectivity index (χ4v) is 2.48. The molecule has 3 nitrogen and oxygen atoms in total. The zero-order valence-electron chi connectivity index (χ0n) is 10.5. The molecule has 0 aliphatic carbocycles. The minimum Gasteiger partial charge on any atom is -0.464 e. The number of hydrogen-bond donors (Lipinski definition) is 0. The minimum absolute atomic E-state index is 0.0803. The van der Waals surface area contributed by atoms with Crippen LogP contribution in [0.3, 0.4) is 0 Å². The van der Waals surface area contributed by atoms with Crippen molar-refractivity contribution in [2.24, 2.45) is 0 Å². The van der Waals surface area contributed by atoms with E-state index < -0.39 is 17.7 Å². The average molecular weight is 338 g/mol. The number of ether oxygens (including phenoxy) is 1. The van der Waals surface area contributed by atoms with Crippen LogP contribution in [0, 0.1) is 0 Å². The Balaban J connectivity index is 2.61. The molecule has 0 fully saturated rings. The standard InChI is InChI=1S/C13H8Cl2F3NO2/c1-21-12(20)10-3-2-4-19(10)11-8(14)5-7(6-9(11)15)13(16,17)18/h2-6H,1H3. The summed E-state index contributed by atoms with van der Waals surface area (Å²) in [6.07, 6.45) is -3.11. The first-order chi connectivity index (χ1) is 9.75. The van der Waals surface area contributed by atoms with Gasteiger partial charge in [-0.3, -0.25) is 0 Å². The molecular weight excluding hydrogens is 330 g/mol. The number of hydrogen-bond acceptors (Lipinski definition) is 2. The van der Waals surface area contributed by atoms with Crippen LogP contribution in [0.1, 0.15) is 16.1 Å². The molecule has 0 unspecified atom stereocenters. The lowest BCUT2D eigenvalue weighted by atomic mass is 10.2. The first-order valence-electron chi connectivity index (χ1n) is 5.58. The molecule has 21 heavy (non-hydrogen) atoms. The normalized spacial score (nSPS) is 11.5. The van der Waals surface area contributed by atoms with Crippen LogP contribution in [-0.4, -0.2) is 17.6 Å². The SMILES string of the molecule is COC(=O)c1cccn1-c1c(Cl)cc(C(F)(F)F)cc1Cl. The van der Waals surface area contributed by atoms with Crippen molar-refractivity contribution >= 4 is 29.2 Å². The van der Waals surface area contributed by atoms with E-state index in [1.807, 2.05) is 0 Å². The topological polar surface area (TPSA) is 31.2 Å². The molecule has 0 bridgehead atoms. The van der Waals surface area contributed by atoms with E-state index in [1.54, 1.807) is 0 Å². The third-order valence-corrected chi connectivity index (χ3v) is 3.30. The van der Waals surface area contributed by atoms with Crippen molar-refractivity contribution in [1.29, 1.82) is 0 Å². The highest BCUT2D eigenvalue weighted by Crippen LogP contribution is 2.38. The molecule has 1 heterocycles. The van der Waals surface area contributed by atoms with Gasteiger partial charge in [0.25, 0.3) is 0 Å². The van der Waals surface area contributed by atoms with Crippen LogP contribution in [-0.2, 0) is 10.9 Å². The molecule has 1 aromatic heterocycles. The van der Waals surface area contributed by atoms with Gasteiger partial charge in [0.1, 0.15) is 5.69 Å². The summed E-state index contributed by atoms with van der Waals surface area (Å²) < 4.78 is 43.9. The van der Waals surface area contributed by atoms with Crippen LogP contribution in [0.4, 0.5) is 13.2 Å². The van der Waals surface area contributed by atoms with Crippen LogP contribution < -0.4 is 0 Å². The number of aromatic nitrogens is 1. The largest absolute Gasteiger partial charge is 0.464 e. The van der Waals surface area contributed by atoms with Gasteiger partial charge in [-0.25, -0.2) is 4.79 Å². The van der Waals surface area contributed by atoms with Gasteiger partial charge < -0.3 is 9.30 Å². The molecule has 1 aromatic carbocycles. The van der Waals surface area contributed by atoms with Crippen LogP contribution in [0.5, 0.6) is 0 Å².